The van der Waals surface area contributed by atoms with Gasteiger partial charge in [0.05, 0.1) is 0 Å². The van der Waals surface area contributed by atoms with Gasteiger partial charge in [0.15, 0.2) is 0 Å². The van der Waals surface area contributed by atoms with Gasteiger partial charge in [0.2, 0.25) is 5.76 Å². The Morgan fingerprint density at radius 3 is 2.05 bits per heavy atom. The van der Waals surface area contributed by atoms with E-state index in [1.165, 1.54) is 5.56 Å². The van der Waals surface area contributed by atoms with Crippen molar-refractivity contribution in [2.45, 2.75) is 26.2 Å². The monoisotopic (exact) mass is 296 g/mol. The summed E-state index contributed by atoms with van der Waals surface area (Å²) in [6.45, 7) is 2.11. The highest BCUT2D eigenvalue weighted by atomic mass is 16.4. The molecule has 0 saturated carbocycles. The molecule has 0 heterocycles. The van der Waals surface area contributed by atoms with Crippen molar-refractivity contribution in [3.63, 3.8) is 0 Å². The van der Waals surface area contributed by atoms with Gasteiger partial charge >= 0.3 is 5.97 Å². The van der Waals surface area contributed by atoms with Crippen LogP contribution >= 0.6 is 0 Å². The van der Waals surface area contributed by atoms with Crippen molar-refractivity contribution >= 4 is 11.5 Å². The fourth-order valence-corrected chi connectivity index (χ4v) is 2.38. The Bertz CT molecular complexity index is 655. The van der Waals surface area contributed by atoms with Crippen LogP contribution in [0.4, 0.5) is 0 Å². The topological polar surface area (TPSA) is 57.5 Å². The number of carbonyl (C=O) groups is 1. The van der Waals surface area contributed by atoms with Gasteiger partial charge in [-0.25, -0.2) is 4.79 Å². The molecule has 2 N–H and O–H groups in total. The Morgan fingerprint density at radius 2 is 1.50 bits per heavy atom. The first-order valence-corrected chi connectivity index (χ1v) is 7.40. The first-order chi connectivity index (χ1) is 10.6. The van der Waals surface area contributed by atoms with Crippen molar-refractivity contribution in [1.82, 2.24) is 0 Å². The summed E-state index contributed by atoms with van der Waals surface area (Å²) in [7, 11) is 0. The molecular formula is C19H20O3. The summed E-state index contributed by atoms with van der Waals surface area (Å²) < 4.78 is 0. The predicted octanol–water partition coefficient (Wildman–Crippen LogP) is 4.24. The van der Waals surface area contributed by atoms with E-state index in [9.17, 15) is 9.90 Å². The molecule has 0 amide bonds. The van der Waals surface area contributed by atoms with Crippen LogP contribution in [0.2, 0.25) is 0 Å². The molecule has 0 aliphatic rings. The van der Waals surface area contributed by atoms with Gasteiger partial charge in [0.25, 0.3) is 0 Å². The quantitative estimate of drug-likeness (QED) is 0.619. The zero-order valence-corrected chi connectivity index (χ0v) is 12.6. The zero-order valence-electron chi connectivity index (χ0n) is 12.6. The largest absolute Gasteiger partial charge is 0.502 e. The third-order valence-corrected chi connectivity index (χ3v) is 3.71. The standard InChI is InChI=1S/C19H20O3/c1-2-14-8-10-15(11-9-14)12-13-17(18(20)19(21)22)16-6-4-3-5-7-16/h3-11,20H,2,12-13H2,1H3,(H,21,22)/b18-17-. The van der Waals surface area contributed by atoms with Crippen molar-refractivity contribution in [3.8, 4) is 0 Å². The first-order valence-electron chi connectivity index (χ1n) is 7.40. The third kappa shape index (κ3) is 3.98. The second-order valence-electron chi connectivity index (χ2n) is 5.17. The maximum absolute atomic E-state index is 11.1. The van der Waals surface area contributed by atoms with Crippen molar-refractivity contribution < 1.29 is 15.0 Å². The molecule has 0 radical (unpaired) electrons. The molecule has 114 valence electrons. The summed E-state index contributed by atoms with van der Waals surface area (Å²) in [5, 5.41) is 19.0. The smallest absolute Gasteiger partial charge is 0.371 e. The average molecular weight is 296 g/mol. The van der Waals surface area contributed by atoms with E-state index in [0.29, 0.717) is 18.4 Å². The van der Waals surface area contributed by atoms with Crippen LogP contribution in [0.3, 0.4) is 0 Å². The lowest BCUT2D eigenvalue weighted by Crippen LogP contribution is -2.04. The van der Waals surface area contributed by atoms with Gasteiger partial charge in [-0.05, 0) is 36.0 Å². The lowest BCUT2D eigenvalue weighted by atomic mass is 9.96. The van der Waals surface area contributed by atoms with Crippen LogP contribution in [0.5, 0.6) is 0 Å². The van der Waals surface area contributed by atoms with Crippen LogP contribution in [0.25, 0.3) is 5.57 Å². The molecule has 0 bridgehead atoms. The molecule has 2 aromatic rings. The van der Waals surface area contributed by atoms with Crippen LogP contribution in [0, 0.1) is 0 Å². The number of carboxylic acids is 1. The number of allylic oxidation sites excluding steroid dienone is 1. The van der Waals surface area contributed by atoms with E-state index in [1.54, 1.807) is 0 Å². The first kappa shape index (κ1) is 15.8. The molecule has 0 unspecified atom stereocenters. The molecule has 0 fully saturated rings. The van der Waals surface area contributed by atoms with Gasteiger partial charge in [-0.3, -0.25) is 0 Å². The maximum atomic E-state index is 11.1. The van der Waals surface area contributed by atoms with Gasteiger partial charge < -0.3 is 10.2 Å². The summed E-state index contributed by atoms with van der Waals surface area (Å²) in [6, 6.07) is 17.4. The fraction of sp³-hybridized carbons (Fsp3) is 0.211. The average Bonchev–Trinajstić information content (AvgIpc) is 2.56. The van der Waals surface area contributed by atoms with E-state index in [0.717, 1.165) is 17.5 Å². The van der Waals surface area contributed by atoms with Crippen molar-refractivity contribution in [2.75, 3.05) is 0 Å². The highest BCUT2D eigenvalue weighted by molar-refractivity contribution is 5.93. The Morgan fingerprint density at radius 1 is 0.909 bits per heavy atom. The third-order valence-electron chi connectivity index (χ3n) is 3.71. The molecule has 2 aromatic carbocycles. The lowest BCUT2D eigenvalue weighted by molar-refractivity contribution is -0.135. The lowest BCUT2D eigenvalue weighted by Gasteiger charge is -2.10. The summed E-state index contributed by atoms with van der Waals surface area (Å²) in [5.74, 6) is -1.86. The molecule has 0 aromatic heterocycles. The number of benzene rings is 2. The second kappa shape index (κ2) is 7.46. The number of rotatable bonds is 6. The summed E-state index contributed by atoms with van der Waals surface area (Å²) in [6.07, 6.45) is 2.16. The molecule has 0 saturated heterocycles. The summed E-state index contributed by atoms with van der Waals surface area (Å²) >= 11 is 0. The number of hydrogen-bond donors (Lipinski definition) is 2. The maximum Gasteiger partial charge on any atom is 0.371 e. The number of carboxylic acid groups (broad SMARTS) is 1. The van der Waals surface area contributed by atoms with E-state index >= 15 is 0 Å². The Hall–Kier alpha value is -2.55. The summed E-state index contributed by atoms with van der Waals surface area (Å²) in [4.78, 5) is 11.1. The van der Waals surface area contributed by atoms with Crippen LogP contribution in [-0.2, 0) is 17.6 Å². The van der Waals surface area contributed by atoms with E-state index < -0.39 is 11.7 Å². The van der Waals surface area contributed by atoms with E-state index in [1.807, 2.05) is 30.3 Å². The van der Waals surface area contributed by atoms with E-state index in [-0.39, 0.29) is 0 Å². The highest BCUT2D eigenvalue weighted by Crippen LogP contribution is 2.23. The van der Waals surface area contributed by atoms with Gasteiger partial charge in [-0.2, -0.15) is 0 Å². The number of hydrogen-bond acceptors (Lipinski definition) is 2. The van der Waals surface area contributed by atoms with E-state index in [2.05, 4.69) is 31.2 Å². The minimum absolute atomic E-state index is 0.465. The molecular weight excluding hydrogens is 276 g/mol. The van der Waals surface area contributed by atoms with Gasteiger partial charge in [0.1, 0.15) is 0 Å². The Balaban J connectivity index is 2.20. The van der Waals surface area contributed by atoms with Crippen molar-refractivity contribution in [1.29, 1.82) is 0 Å². The van der Waals surface area contributed by atoms with Crippen LogP contribution < -0.4 is 0 Å². The second-order valence-corrected chi connectivity index (χ2v) is 5.17. The molecule has 0 spiro atoms. The summed E-state index contributed by atoms with van der Waals surface area (Å²) in [5.41, 5.74) is 3.61. The number of aliphatic carboxylic acids is 1. The molecule has 22 heavy (non-hydrogen) atoms. The Kier molecular flexibility index (Phi) is 5.37. The van der Waals surface area contributed by atoms with Crippen molar-refractivity contribution in [2.24, 2.45) is 0 Å². The zero-order chi connectivity index (χ0) is 15.9. The van der Waals surface area contributed by atoms with Crippen LogP contribution in [0.1, 0.15) is 30.0 Å². The SMILES string of the molecule is CCc1ccc(CC/C(=C(/O)C(=O)O)c2ccccc2)cc1. The van der Waals surface area contributed by atoms with E-state index in [4.69, 9.17) is 5.11 Å². The molecule has 2 rings (SSSR count). The molecule has 3 nitrogen and oxygen atoms in total. The number of aliphatic hydroxyl groups is 1. The van der Waals surface area contributed by atoms with Crippen molar-refractivity contribution in [3.05, 3.63) is 77.0 Å². The van der Waals surface area contributed by atoms with Gasteiger partial charge in [-0.1, -0.05) is 61.5 Å². The minimum Gasteiger partial charge on any atom is -0.502 e. The minimum atomic E-state index is -1.29. The molecule has 3 heteroatoms. The highest BCUT2D eigenvalue weighted by Gasteiger charge is 2.14. The fourth-order valence-electron chi connectivity index (χ4n) is 2.38. The van der Waals surface area contributed by atoms with Gasteiger partial charge in [-0.15, -0.1) is 0 Å². The molecule has 0 aliphatic carbocycles. The van der Waals surface area contributed by atoms with Crippen LogP contribution in [-0.4, -0.2) is 16.2 Å². The predicted molar refractivity (Wildman–Crippen MR) is 87.8 cm³/mol. The van der Waals surface area contributed by atoms with Gasteiger partial charge in [0, 0.05) is 5.57 Å². The number of aryl methyl sites for hydroxylation is 2. The number of aliphatic hydroxyl groups excluding tert-OH is 1. The Labute approximate surface area is 130 Å². The molecule has 0 aliphatic heterocycles. The molecule has 0 atom stereocenters. The normalized spacial score (nSPS) is 11.9. The van der Waals surface area contributed by atoms with Crippen LogP contribution in [0.15, 0.2) is 60.4 Å².